The van der Waals surface area contributed by atoms with E-state index in [-0.39, 0.29) is 23.8 Å². The van der Waals surface area contributed by atoms with Crippen molar-refractivity contribution in [2.75, 3.05) is 13.1 Å². The minimum atomic E-state index is -3.85. The van der Waals surface area contributed by atoms with Gasteiger partial charge in [-0.25, -0.2) is 22.3 Å². The molecule has 1 aromatic rings. The van der Waals surface area contributed by atoms with Crippen molar-refractivity contribution in [1.82, 2.24) is 9.62 Å². The molecule has 9 heteroatoms. The van der Waals surface area contributed by atoms with Crippen LogP contribution in [-0.4, -0.2) is 49.4 Å². The Balaban J connectivity index is 1.93. The highest BCUT2D eigenvalue weighted by Gasteiger charge is 2.34. The zero-order chi connectivity index (χ0) is 18.6. The summed E-state index contributed by atoms with van der Waals surface area (Å²) in [6.07, 6.45) is 0.970. The Morgan fingerprint density at radius 2 is 1.96 bits per heavy atom. The van der Waals surface area contributed by atoms with Crippen LogP contribution in [0, 0.1) is 11.7 Å². The Kier molecular flexibility index (Phi) is 6.12. The number of carbonyl (C=O) groups excluding carboxylic acids is 1. The van der Waals surface area contributed by atoms with Crippen LogP contribution in [-0.2, 0) is 19.6 Å². The first-order valence-corrected chi connectivity index (χ1v) is 9.46. The second-order valence-electron chi connectivity index (χ2n) is 6.17. The van der Waals surface area contributed by atoms with E-state index in [1.807, 2.05) is 6.92 Å². The van der Waals surface area contributed by atoms with Crippen molar-refractivity contribution in [3.63, 3.8) is 0 Å². The smallest absolute Gasteiger partial charge is 0.326 e. The summed E-state index contributed by atoms with van der Waals surface area (Å²) in [5, 5.41) is 9.27. The summed E-state index contributed by atoms with van der Waals surface area (Å²) in [6, 6.07) is 3.46. The predicted molar refractivity (Wildman–Crippen MR) is 87.7 cm³/mol. The molecule has 0 saturated carbocycles. The highest BCUT2D eigenvalue weighted by atomic mass is 32.2. The maximum absolute atomic E-state index is 12.9. The molecule has 0 aromatic heterocycles. The molecular weight excluding hydrogens is 351 g/mol. The van der Waals surface area contributed by atoms with Crippen molar-refractivity contribution in [2.24, 2.45) is 5.92 Å². The summed E-state index contributed by atoms with van der Waals surface area (Å²) in [5.74, 6) is -1.77. The van der Waals surface area contributed by atoms with Crippen LogP contribution in [0.5, 0.6) is 0 Å². The largest absolute Gasteiger partial charge is 0.480 e. The lowest BCUT2D eigenvalue weighted by atomic mass is 9.92. The SMILES string of the molecule is CC1CCN(C(=O)CCNS(=O)(=O)c2ccc(F)cc2)C(C(=O)O)C1. The first-order valence-electron chi connectivity index (χ1n) is 7.98. The number of hydrogen-bond acceptors (Lipinski definition) is 4. The van der Waals surface area contributed by atoms with Crippen molar-refractivity contribution in [3.05, 3.63) is 30.1 Å². The number of hydrogen-bond donors (Lipinski definition) is 2. The summed E-state index contributed by atoms with van der Waals surface area (Å²) < 4.78 is 39.3. The van der Waals surface area contributed by atoms with E-state index < -0.39 is 33.8 Å². The summed E-state index contributed by atoms with van der Waals surface area (Å²) in [6.45, 7) is 2.13. The van der Waals surface area contributed by atoms with E-state index in [2.05, 4.69) is 4.72 Å². The first kappa shape index (κ1) is 19.3. The Hall–Kier alpha value is -2.00. The molecule has 1 amide bonds. The number of benzene rings is 1. The maximum Gasteiger partial charge on any atom is 0.326 e. The Bertz CT molecular complexity index is 735. The zero-order valence-electron chi connectivity index (χ0n) is 13.8. The summed E-state index contributed by atoms with van der Waals surface area (Å²) >= 11 is 0. The van der Waals surface area contributed by atoms with Crippen LogP contribution >= 0.6 is 0 Å². The lowest BCUT2D eigenvalue weighted by Gasteiger charge is -2.36. The third-order valence-corrected chi connectivity index (χ3v) is 5.70. The fraction of sp³-hybridized carbons (Fsp3) is 0.500. The monoisotopic (exact) mass is 372 g/mol. The van der Waals surface area contributed by atoms with E-state index in [0.29, 0.717) is 13.0 Å². The minimum absolute atomic E-state index is 0.100. The average Bonchev–Trinajstić information content (AvgIpc) is 2.54. The fourth-order valence-corrected chi connectivity index (χ4v) is 3.84. The van der Waals surface area contributed by atoms with Crippen LogP contribution in [0.1, 0.15) is 26.2 Å². The molecule has 1 saturated heterocycles. The molecule has 0 bridgehead atoms. The van der Waals surface area contributed by atoms with Gasteiger partial charge in [-0.3, -0.25) is 4.79 Å². The minimum Gasteiger partial charge on any atom is -0.480 e. The van der Waals surface area contributed by atoms with Crippen LogP contribution in [0.4, 0.5) is 4.39 Å². The normalized spacial score (nSPS) is 21.1. The molecular formula is C16H21FN2O5S. The van der Waals surface area contributed by atoms with Gasteiger partial charge in [-0.1, -0.05) is 6.92 Å². The summed E-state index contributed by atoms with van der Waals surface area (Å²) in [4.78, 5) is 24.8. The number of carbonyl (C=O) groups is 2. The van der Waals surface area contributed by atoms with Gasteiger partial charge in [0, 0.05) is 19.5 Å². The van der Waals surface area contributed by atoms with Gasteiger partial charge in [-0.2, -0.15) is 0 Å². The van der Waals surface area contributed by atoms with Gasteiger partial charge in [0.05, 0.1) is 4.90 Å². The van der Waals surface area contributed by atoms with Crippen molar-refractivity contribution in [1.29, 1.82) is 0 Å². The molecule has 1 heterocycles. The fourth-order valence-electron chi connectivity index (χ4n) is 2.81. The van der Waals surface area contributed by atoms with E-state index in [9.17, 15) is 27.5 Å². The van der Waals surface area contributed by atoms with Gasteiger partial charge in [0.15, 0.2) is 0 Å². The van der Waals surface area contributed by atoms with Crippen LogP contribution in [0.2, 0.25) is 0 Å². The zero-order valence-corrected chi connectivity index (χ0v) is 14.6. The number of amides is 1. The van der Waals surface area contributed by atoms with Gasteiger partial charge >= 0.3 is 5.97 Å². The van der Waals surface area contributed by atoms with Gasteiger partial charge in [0.1, 0.15) is 11.9 Å². The Labute approximate surface area is 145 Å². The third-order valence-electron chi connectivity index (χ3n) is 4.22. The maximum atomic E-state index is 12.9. The number of nitrogens with zero attached hydrogens (tertiary/aromatic N) is 1. The molecule has 2 atom stereocenters. The lowest BCUT2D eigenvalue weighted by molar-refractivity contribution is -0.153. The van der Waals surface area contributed by atoms with Gasteiger partial charge in [0.25, 0.3) is 0 Å². The highest BCUT2D eigenvalue weighted by molar-refractivity contribution is 7.89. The number of carboxylic acids is 1. The molecule has 0 spiro atoms. The average molecular weight is 372 g/mol. The number of rotatable bonds is 6. The van der Waals surface area contributed by atoms with Crippen molar-refractivity contribution in [3.8, 4) is 0 Å². The Morgan fingerprint density at radius 3 is 2.56 bits per heavy atom. The second-order valence-corrected chi connectivity index (χ2v) is 7.94. The van der Waals surface area contributed by atoms with Crippen LogP contribution in [0.25, 0.3) is 0 Å². The van der Waals surface area contributed by atoms with E-state index in [4.69, 9.17) is 0 Å². The molecule has 25 heavy (non-hydrogen) atoms. The quantitative estimate of drug-likeness (QED) is 0.781. The van der Waals surface area contributed by atoms with Crippen LogP contribution < -0.4 is 4.72 Å². The number of carboxylic acid groups (broad SMARTS) is 1. The van der Waals surface area contributed by atoms with E-state index in [0.717, 1.165) is 30.7 Å². The molecule has 1 aliphatic rings. The number of aliphatic carboxylic acids is 1. The standard InChI is InChI=1S/C16H21FN2O5S/c1-11-7-9-19(14(10-11)16(21)22)15(20)6-8-18-25(23,24)13-4-2-12(17)3-5-13/h2-5,11,14,18H,6-10H2,1H3,(H,21,22). The van der Waals surface area contributed by atoms with Crippen molar-refractivity contribution < 1.29 is 27.5 Å². The topological polar surface area (TPSA) is 104 Å². The molecule has 2 unspecified atom stereocenters. The molecule has 7 nitrogen and oxygen atoms in total. The number of sulfonamides is 1. The molecule has 138 valence electrons. The molecule has 1 aromatic carbocycles. The predicted octanol–water partition coefficient (Wildman–Crippen LogP) is 1.21. The summed E-state index contributed by atoms with van der Waals surface area (Å²) in [7, 11) is -3.85. The highest BCUT2D eigenvalue weighted by Crippen LogP contribution is 2.23. The molecule has 1 aliphatic heterocycles. The van der Waals surface area contributed by atoms with Gasteiger partial charge in [-0.05, 0) is 43.0 Å². The third kappa shape index (κ3) is 4.99. The van der Waals surface area contributed by atoms with E-state index in [1.54, 1.807) is 0 Å². The molecule has 2 rings (SSSR count). The molecule has 2 N–H and O–H groups in total. The number of piperidine rings is 1. The molecule has 0 aliphatic carbocycles. The second kappa shape index (κ2) is 7.92. The number of nitrogens with one attached hydrogen (secondary N) is 1. The van der Waals surface area contributed by atoms with Gasteiger partial charge in [0.2, 0.25) is 15.9 Å². The van der Waals surface area contributed by atoms with Crippen molar-refractivity contribution in [2.45, 2.75) is 37.1 Å². The van der Waals surface area contributed by atoms with Gasteiger partial charge < -0.3 is 10.0 Å². The van der Waals surface area contributed by atoms with Gasteiger partial charge in [-0.15, -0.1) is 0 Å². The lowest BCUT2D eigenvalue weighted by Crippen LogP contribution is -2.50. The number of halogens is 1. The summed E-state index contributed by atoms with van der Waals surface area (Å²) in [5.41, 5.74) is 0. The van der Waals surface area contributed by atoms with Crippen molar-refractivity contribution >= 4 is 21.9 Å². The first-order chi connectivity index (χ1) is 11.7. The molecule has 1 fully saturated rings. The number of likely N-dealkylation sites (tertiary alicyclic amines) is 1. The van der Waals surface area contributed by atoms with Crippen LogP contribution in [0.15, 0.2) is 29.2 Å². The van der Waals surface area contributed by atoms with Crippen LogP contribution in [0.3, 0.4) is 0 Å². The molecule has 0 radical (unpaired) electrons. The Morgan fingerprint density at radius 1 is 1.32 bits per heavy atom. The van der Waals surface area contributed by atoms with E-state index in [1.165, 1.54) is 4.90 Å². The van der Waals surface area contributed by atoms with E-state index >= 15 is 0 Å².